The van der Waals surface area contributed by atoms with E-state index in [1.165, 1.54) is 0 Å². The molecule has 1 N–H and O–H groups in total. The summed E-state index contributed by atoms with van der Waals surface area (Å²) in [7, 11) is 0. The molecule has 1 aromatic carbocycles. The Morgan fingerprint density at radius 3 is 2.75 bits per heavy atom. The molecule has 3 nitrogen and oxygen atoms in total. The molecule has 0 spiro atoms. The molecule has 1 heterocycles. The lowest BCUT2D eigenvalue weighted by Gasteiger charge is -2.19. The summed E-state index contributed by atoms with van der Waals surface area (Å²) in [5, 5.41) is 19.0. The monoisotopic (exact) mass is 216 g/mol. The van der Waals surface area contributed by atoms with Gasteiger partial charge in [-0.1, -0.05) is 25.1 Å². The first-order valence-electron chi connectivity index (χ1n) is 5.62. The molecular formula is C13H16N2O. The summed E-state index contributed by atoms with van der Waals surface area (Å²) in [5.41, 5.74) is 1.97. The van der Waals surface area contributed by atoms with Crippen molar-refractivity contribution in [1.29, 1.82) is 0 Å². The van der Waals surface area contributed by atoms with E-state index in [0.29, 0.717) is 0 Å². The van der Waals surface area contributed by atoms with Crippen LogP contribution in [0, 0.1) is 0 Å². The Morgan fingerprint density at radius 1 is 1.31 bits per heavy atom. The van der Waals surface area contributed by atoms with E-state index >= 15 is 0 Å². The van der Waals surface area contributed by atoms with E-state index in [9.17, 15) is 5.11 Å². The van der Waals surface area contributed by atoms with Crippen molar-refractivity contribution in [3.63, 3.8) is 0 Å². The summed E-state index contributed by atoms with van der Waals surface area (Å²) in [6, 6.07) is 7.91. The Morgan fingerprint density at radius 2 is 2.06 bits per heavy atom. The number of fused-ring (bicyclic) bond motifs is 1. The van der Waals surface area contributed by atoms with Crippen LogP contribution in [0.25, 0.3) is 10.9 Å². The van der Waals surface area contributed by atoms with Crippen molar-refractivity contribution >= 4 is 10.9 Å². The third kappa shape index (κ3) is 1.91. The van der Waals surface area contributed by atoms with Crippen LogP contribution in [-0.2, 0) is 0 Å². The van der Waals surface area contributed by atoms with Gasteiger partial charge in [0, 0.05) is 11.3 Å². The molecule has 2 atom stereocenters. The zero-order valence-electron chi connectivity index (χ0n) is 9.59. The van der Waals surface area contributed by atoms with Gasteiger partial charge in [-0.2, -0.15) is 10.2 Å². The highest BCUT2D eigenvalue weighted by Crippen LogP contribution is 2.28. The van der Waals surface area contributed by atoms with Crippen LogP contribution in [0.5, 0.6) is 0 Å². The molecule has 0 bridgehead atoms. The number of hydrogen-bond acceptors (Lipinski definition) is 3. The maximum atomic E-state index is 9.78. The summed E-state index contributed by atoms with van der Waals surface area (Å²) in [6.07, 6.45) is 2.30. The van der Waals surface area contributed by atoms with E-state index in [2.05, 4.69) is 17.1 Å². The predicted octanol–water partition coefficient (Wildman–Crippen LogP) is 2.50. The molecule has 0 fully saturated rings. The second-order valence-corrected chi connectivity index (χ2v) is 4.07. The summed E-state index contributed by atoms with van der Waals surface area (Å²) in [4.78, 5) is 0. The van der Waals surface area contributed by atoms with Crippen LogP contribution < -0.4 is 0 Å². The fourth-order valence-corrected chi connectivity index (χ4v) is 2.14. The van der Waals surface area contributed by atoms with E-state index in [1.807, 2.05) is 31.2 Å². The van der Waals surface area contributed by atoms with Gasteiger partial charge in [0.15, 0.2) is 0 Å². The first kappa shape index (κ1) is 11.0. The van der Waals surface area contributed by atoms with Crippen LogP contribution in [0.4, 0.5) is 0 Å². The van der Waals surface area contributed by atoms with Crippen molar-refractivity contribution in [3.05, 3.63) is 36.0 Å². The number of aliphatic hydroxyl groups is 1. The maximum Gasteiger partial charge on any atom is 0.0932 e. The molecule has 0 aliphatic rings. The van der Waals surface area contributed by atoms with E-state index in [1.54, 1.807) is 6.20 Å². The summed E-state index contributed by atoms with van der Waals surface area (Å²) >= 11 is 0. The molecule has 2 aromatic rings. The Labute approximate surface area is 95.1 Å². The smallest absolute Gasteiger partial charge is 0.0932 e. The quantitative estimate of drug-likeness (QED) is 0.857. The highest BCUT2D eigenvalue weighted by atomic mass is 16.3. The zero-order valence-corrected chi connectivity index (χ0v) is 9.59. The zero-order chi connectivity index (χ0) is 11.5. The van der Waals surface area contributed by atoms with Gasteiger partial charge >= 0.3 is 0 Å². The van der Waals surface area contributed by atoms with Gasteiger partial charge in [0.25, 0.3) is 0 Å². The predicted molar refractivity (Wildman–Crippen MR) is 64.3 cm³/mol. The van der Waals surface area contributed by atoms with Crippen LogP contribution >= 0.6 is 0 Å². The third-order valence-corrected chi connectivity index (χ3v) is 3.00. The summed E-state index contributed by atoms with van der Waals surface area (Å²) < 4.78 is 0. The van der Waals surface area contributed by atoms with Crippen molar-refractivity contribution < 1.29 is 5.11 Å². The molecule has 1 aromatic heterocycles. The molecule has 0 radical (unpaired) electrons. The molecule has 16 heavy (non-hydrogen) atoms. The number of rotatable bonds is 3. The van der Waals surface area contributed by atoms with Crippen molar-refractivity contribution in [2.75, 3.05) is 0 Å². The minimum Gasteiger partial charge on any atom is -0.393 e. The lowest BCUT2D eigenvalue weighted by molar-refractivity contribution is 0.160. The van der Waals surface area contributed by atoms with Crippen LogP contribution in [0.2, 0.25) is 0 Å². The lowest BCUT2D eigenvalue weighted by atomic mass is 9.90. The number of aliphatic hydroxyl groups excluding tert-OH is 1. The molecular weight excluding hydrogens is 200 g/mol. The minimum absolute atomic E-state index is 0.125. The molecule has 0 amide bonds. The van der Waals surface area contributed by atoms with Gasteiger partial charge in [0.2, 0.25) is 0 Å². The molecule has 0 aliphatic carbocycles. The number of nitrogens with zero attached hydrogens (tertiary/aromatic N) is 2. The molecule has 84 valence electrons. The van der Waals surface area contributed by atoms with Gasteiger partial charge in [-0.3, -0.25) is 0 Å². The molecule has 0 saturated carbocycles. The van der Waals surface area contributed by atoms with Crippen LogP contribution in [0.15, 0.2) is 30.5 Å². The summed E-state index contributed by atoms with van der Waals surface area (Å²) in [6.45, 7) is 3.90. The van der Waals surface area contributed by atoms with Crippen LogP contribution in [0.3, 0.4) is 0 Å². The Bertz CT molecular complexity index is 477. The number of aromatic nitrogens is 2. The van der Waals surface area contributed by atoms with Gasteiger partial charge in [0.05, 0.1) is 17.8 Å². The Balaban J connectivity index is 2.59. The third-order valence-electron chi connectivity index (χ3n) is 3.00. The highest BCUT2D eigenvalue weighted by molar-refractivity contribution is 5.81. The Kier molecular flexibility index (Phi) is 3.15. The second kappa shape index (κ2) is 4.58. The van der Waals surface area contributed by atoms with Gasteiger partial charge in [-0.05, 0) is 25.0 Å². The largest absolute Gasteiger partial charge is 0.393 e. The van der Waals surface area contributed by atoms with Crippen molar-refractivity contribution in [3.8, 4) is 0 Å². The normalized spacial score (nSPS) is 14.9. The molecule has 3 heteroatoms. The van der Waals surface area contributed by atoms with E-state index in [4.69, 9.17) is 0 Å². The summed E-state index contributed by atoms with van der Waals surface area (Å²) in [5.74, 6) is 0.125. The minimum atomic E-state index is -0.363. The van der Waals surface area contributed by atoms with Gasteiger partial charge < -0.3 is 5.11 Å². The van der Waals surface area contributed by atoms with Crippen LogP contribution in [0.1, 0.15) is 31.7 Å². The van der Waals surface area contributed by atoms with Gasteiger partial charge in [0.1, 0.15) is 0 Å². The average molecular weight is 216 g/mol. The highest BCUT2D eigenvalue weighted by Gasteiger charge is 2.18. The number of benzene rings is 1. The average Bonchev–Trinajstić information content (AvgIpc) is 2.30. The maximum absolute atomic E-state index is 9.78. The van der Waals surface area contributed by atoms with E-state index in [-0.39, 0.29) is 12.0 Å². The van der Waals surface area contributed by atoms with Crippen molar-refractivity contribution in [1.82, 2.24) is 10.2 Å². The SMILES string of the molecule is CCC(c1cnnc2ccccc12)C(C)O. The van der Waals surface area contributed by atoms with Crippen molar-refractivity contribution in [2.45, 2.75) is 32.3 Å². The first-order valence-corrected chi connectivity index (χ1v) is 5.62. The standard InChI is InChI=1S/C13H16N2O/c1-3-10(9(2)16)12-8-14-15-13-7-5-4-6-11(12)13/h4-10,16H,3H2,1-2H3. The molecule has 2 unspecified atom stereocenters. The van der Waals surface area contributed by atoms with Crippen LogP contribution in [-0.4, -0.2) is 21.4 Å². The molecule has 0 saturated heterocycles. The second-order valence-electron chi connectivity index (χ2n) is 4.07. The lowest BCUT2D eigenvalue weighted by Crippen LogP contribution is -2.14. The molecule has 2 rings (SSSR count). The van der Waals surface area contributed by atoms with E-state index < -0.39 is 0 Å². The first-order chi connectivity index (χ1) is 7.74. The fraction of sp³-hybridized carbons (Fsp3) is 0.385. The number of hydrogen-bond donors (Lipinski definition) is 1. The van der Waals surface area contributed by atoms with Gasteiger partial charge in [-0.15, -0.1) is 0 Å². The van der Waals surface area contributed by atoms with Gasteiger partial charge in [-0.25, -0.2) is 0 Å². The van der Waals surface area contributed by atoms with Crippen molar-refractivity contribution in [2.24, 2.45) is 0 Å². The fourth-order valence-electron chi connectivity index (χ4n) is 2.14. The molecule has 0 aliphatic heterocycles. The Hall–Kier alpha value is -1.48. The topological polar surface area (TPSA) is 46.0 Å². The van der Waals surface area contributed by atoms with E-state index in [0.717, 1.165) is 22.9 Å².